The maximum atomic E-state index is 13.3. The molecule has 3 N–H and O–H groups in total. The molecule has 5 rings (SSSR count). The largest absolute Gasteiger partial charge is 0.422 e. The van der Waals surface area contributed by atoms with E-state index in [1.54, 1.807) is 0 Å². The monoisotopic (exact) mass is 505 g/mol. The summed E-state index contributed by atoms with van der Waals surface area (Å²) in [4.78, 5) is 4.58. The van der Waals surface area contributed by atoms with Crippen LogP contribution in [-0.2, 0) is 26.6 Å². The summed E-state index contributed by atoms with van der Waals surface area (Å²) in [6.45, 7) is -0.345. The van der Waals surface area contributed by atoms with Crippen LogP contribution >= 0.6 is 11.3 Å². The molecular formula is C20H19N5O5S3. The summed E-state index contributed by atoms with van der Waals surface area (Å²) < 4.78 is 57.2. The first-order valence-electron chi connectivity index (χ1n) is 9.99. The summed E-state index contributed by atoms with van der Waals surface area (Å²) in [6, 6.07) is 15.6. The highest BCUT2D eigenvalue weighted by molar-refractivity contribution is 7.92. The Morgan fingerprint density at radius 1 is 1.06 bits per heavy atom. The topological polar surface area (TPSA) is 158 Å². The summed E-state index contributed by atoms with van der Waals surface area (Å²) in [5.74, 6) is -0.238. The van der Waals surface area contributed by atoms with Crippen LogP contribution in [0.4, 0.5) is 0 Å². The van der Waals surface area contributed by atoms with E-state index < -0.39 is 30.5 Å². The van der Waals surface area contributed by atoms with Crippen molar-refractivity contribution in [2.45, 2.75) is 29.9 Å². The third-order valence-electron chi connectivity index (χ3n) is 5.19. The minimum atomic E-state index is -3.97. The van der Waals surface area contributed by atoms with Crippen LogP contribution in [0.1, 0.15) is 34.9 Å². The maximum absolute atomic E-state index is 13.3. The molecule has 172 valence electrons. The molecule has 1 aliphatic rings. The number of benzene rings is 2. The zero-order chi connectivity index (χ0) is 23.2. The molecule has 2 aromatic carbocycles. The number of thiazole rings is 1. The Morgan fingerprint density at radius 3 is 2.52 bits per heavy atom. The van der Waals surface area contributed by atoms with Crippen molar-refractivity contribution >= 4 is 41.6 Å². The van der Waals surface area contributed by atoms with Crippen LogP contribution in [0, 0.1) is 0 Å². The number of nitrogens with one attached hydrogen (secondary N) is 1. The molecule has 1 fully saturated rings. The number of aromatic nitrogens is 3. The number of rotatable bonds is 8. The van der Waals surface area contributed by atoms with E-state index in [4.69, 9.17) is 9.56 Å². The number of hydrogen-bond donors (Lipinski definition) is 2. The summed E-state index contributed by atoms with van der Waals surface area (Å²) in [6.07, 6.45) is 1.13. The average Bonchev–Trinajstić information content (AvgIpc) is 3.42. The number of nitrogens with two attached hydrogens (primary N) is 1. The average molecular weight is 506 g/mol. The third kappa shape index (κ3) is 4.68. The molecular weight excluding hydrogens is 486 g/mol. The molecule has 0 bridgehead atoms. The van der Waals surface area contributed by atoms with Gasteiger partial charge in [0.05, 0.1) is 22.0 Å². The van der Waals surface area contributed by atoms with Gasteiger partial charge in [-0.3, -0.25) is 0 Å². The molecule has 2 aromatic heterocycles. The van der Waals surface area contributed by atoms with Gasteiger partial charge in [-0.2, -0.15) is 13.1 Å². The van der Waals surface area contributed by atoms with Gasteiger partial charge >= 0.3 is 0 Å². The van der Waals surface area contributed by atoms with Gasteiger partial charge in [-0.25, -0.2) is 18.5 Å². The van der Waals surface area contributed by atoms with Crippen LogP contribution < -0.4 is 9.86 Å². The first kappa shape index (κ1) is 22.1. The normalized spacial score (nSPS) is 15.7. The Kier molecular flexibility index (Phi) is 5.53. The lowest BCUT2D eigenvalue weighted by atomic mass is 10.1. The molecule has 1 unspecified atom stereocenters. The lowest BCUT2D eigenvalue weighted by Gasteiger charge is -2.10. The van der Waals surface area contributed by atoms with Gasteiger partial charge in [0.25, 0.3) is 10.2 Å². The van der Waals surface area contributed by atoms with Crippen LogP contribution in [0.5, 0.6) is 0 Å². The number of nitrogens with zero attached hydrogens (tertiary/aromatic N) is 3. The standard InChI is InChI=1S/C20H19N5O5S3/c21-33(28,29)22-11-17-24-25-19(30-17)18(32(26,27)14-7-8-14)20-23-15-9-6-13(10-16(15)31-20)12-4-2-1-3-5-12/h1-6,9-10,14,18,22H,7-8,11H2,(H2,21,28,29). The predicted octanol–water partition coefficient (Wildman–Crippen LogP) is 2.31. The summed E-state index contributed by atoms with van der Waals surface area (Å²) in [7, 11) is -7.65. The van der Waals surface area contributed by atoms with Crippen molar-refractivity contribution in [3.63, 3.8) is 0 Å². The molecule has 10 nitrogen and oxygen atoms in total. The van der Waals surface area contributed by atoms with Gasteiger partial charge < -0.3 is 4.42 Å². The Balaban J connectivity index is 1.54. The van der Waals surface area contributed by atoms with Gasteiger partial charge in [0.1, 0.15) is 5.01 Å². The highest BCUT2D eigenvalue weighted by Crippen LogP contribution is 2.43. The molecule has 0 radical (unpaired) electrons. The molecule has 33 heavy (non-hydrogen) atoms. The van der Waals surface area contributed by atoms with Crippen LogP contribution in [-0.4, -0.2) is 37.3 Å². The molecule has 0 spiro atoms. The first-order valence-corrected chi connectivity index (χ1v) is 14.0. The van der Waals surface area contributed by atoms with E-state index in [-0.39, 0.29) is 18.3 Å². The molecule has 1 atom stereocenters. The van der Waals surface area contributed by atoms with Crippen molar-refractivity contribution in [2.24, 2.45) is 5.14 Å². The lowest BCUT2D eigenvalue weighted by Crippen LogP contribution is -2.30. The van der Waals surface area contributed by atoms with E-state index in [1.165, 1.54) is 11.3 Å². The van der Waals surface area contributed by atoms with Gasteiger partial charge in [-0.1, -0.05) is 36.4 Å². The van der Waals surface area contributed by atoms with Gasteiger partial charge in [0, 0.05) is 0 Å². The smallest absolute Gasteiger partial charge is 0.274 e. The summed E-state index contributed by atoms with van der Waals surface area (Å²) >= 11 is 1.26. The fourth-order valence-corrected chi connectivity index (χ4v) is 7.19. The van der Waals surface area contributed by atoms with E-state index in [9.17, 15) is 16.8 Å². The van der Waals surface area contributed by atoms with E-state index >= 15 is 0 Å². The second-order valence-electron chi connectivity index (χ2n) is 7.67. The van der Waals surface area contributed by atoms with Gasteiger partial charge in [0.2, 0.25) is 11.8 Å². The van der Waals surface area contributed by atoms with Crippen molar-refractivity contribution in [3.05, 3.63) is 65.3 Å². The van der Waals surface area contributed by atoms with E-state index in [1.807, 2.05) is 53.3 Å². The highest BCUT2D eigenvalue weighted by Gasteiger charge is 2.46. The third-order valence-corrected chi connectivity index (χ3v) is 9.45. The zero-order valence-corrected chi connectivity index (χ0v) is 19.5. The molecule has 1 saturated carbocycles. The Hall–Kier alpha value is -2.71. The predicted molar refractivity (Wildman–Crippen MR) is 123 cm³/mol. The van der Waals surface area contributed by atoms with E-state index in [2.05, 4.69) is 15.2 Å². The number of fused-ring (bicyclic) bond motifs is 1. The molecule has 1 aliphatic carbocycles. The molecule has 0 aliphatic heterocycles. The minimum Gasteiger partial charge on any atom is -0.422 e. The van der Waals surface area contributed by atoms with Crippen molar-refractivity contribution < 1.29 is 21.3 Å². The molecule has 4 aromatic rings. The zero-order valence-electron chi connectivity index (χ0n) is 17.1. The van der Waals surface area contributed by atoms with Crippen molar-refractivity contribution in [3.8, 4) is 11.1 Å². The van der Waals surface area contributed by atoms with Crippen molar-refractivity contribution in [1.29, 1.82) is 0 Å². The van der Waals surface area contributed by atoms with E-state index in [0.717, 1.165) is 15.8 Å². The van der Waals surface area contributed by atoms with E-state index in [0.29, 0.717) is 23.4 Å². The van der Waals surface area contributed by atoms with Crippen LogP contribution in [0.15, 0.2) is 52.9 Å². The van der Waals surface area contributed by atoms with Gasteiger partial charge in [-0.05, 0) is 36.1 Å². The Morgan fingerprint density at radius 2 is 1.82 bits per heavy atom. The number of sulfone groups is 1. The fraction of sp³-hybridized carbons (Fsp3) is 0.250. The first-order chi connectivity index (χ1) is 15.7. The van der Waals surface area contributed by atoms with Crippen LogP contribution in [0.3, 0.4) is 0 Å². The van der Waals surface area contributed by atoms with Crippen molar-refractivity contribution in [2.75, 3.05) is 0 Å². The second kappa shape index (κ2) is 8.25. The lowest BCUT2D eigenvalue weighted by molar-refractivity contribution is 0.443. The van der Waals surface area contributed by atoms with Crippen LogP contribution in [0.2, 0.25) is 0 Å². The highest BCUT2D eigenvalue weighted by atomic mass is 32.2. The summed E-state index contributed by atoms with van der Waals surface area (Å²) in [5.41, 5.74) is 2.70. The molecule has 0 amide bonds. The second-order valence-corrected chi connectivity index (χ2v) is 12.4. The maximum Gasteiger partial charge on any atom is 0.274 e. The summed E-state index contributed by atoms with van der Waals surface area (Å²) in [5, 5.41) is 11.2. The SMILES string of the molecule is NS(=O)(=O)NCc1nnc(C(c2nc3ccc(-c4ccccc4)cc3s2)S(=O)(=O)C2CC2)o1. The van der Waals surface area contributed by atoms with Gasteiger partial charge in [0.15, 0.2) is 15.1 Å². The molecule has 13 heteroatoms. The minimum absolute atomic E-state index is 0.0949. The fourth-order valence-electron chi connectivity index (χ4n) is 3.45. The Bertz CT molecular complexity index is 1530. The molecule has 2 heterocycles. The quantitative estimate of drug-likeness (QED) is 0.369. The molecule has 0 saturated heterocycles. The Labute approximate surface area is 194 Å². The van der Waals surface area contributed by atoms with Gasteiger partial charge in [-0.15, -0.1) is 21.5 Å². The number of hydrogen-bond acceptors (Lipinski definition) is 9. The van der Waals surface area contributed by atoms with Crippen molar-refractivity contribution in [1.82, 2.24) is 19.9 Å². The van der Waals surface area contributed by atoms with Crippen LogP contribution in [0.25, 0.3) is 21.3 Å².